The minimum Gasteiger partial charge on any atom is -0.424 e. The van der Waals surface area contributed by atoms with E-state index in [4.69, 9.17) is 0 Å². The first-order valence-electron chi connectivity index (χ1n) is 11.0. The summed E-state index contributed by atoms with van der Waals surface area (Å²) in [5, 5.41) is 2.17. The van der Waals surface area contributed by atoms with Crippen LogP contribution in [0.4, 0.5) is 0 Å². The van der Waals surface area contributed by atoms with Crippen molar-refractivity contribution in [1.29, 1.82) is 0 Å². The van der Waals surface area contributed by atoms with E-state index in [1.165, 1.54) is 32.1 Å². The average Bonchev–Trinajstić information content (AvgIpc) is 3.36. The highest BCUT2D eigenvalue weighted by molar-refractivity contribution is 6.98. The lowest BCUT2D eigenvalue weighted by atomic mass is 10.0. The van der Waals surface area contributed by atoms with Crippen LogP contribution in [0.1, 0.15) is 52.4 Å². The summed E-state index contributed by atoms with van der Waals surface area (Å²) < 4.78 is 0. The van der Waals surface area contributed by atoms with E-state index < -0.39 is 8.32 Å². The minimum absolute atomic E-state index is 0.105. The van der Waals surface area contributed by atoms with Crippen LogP contribution in [0.15, 0.2) is 72.8 Å². The smallest absolute Gasteiger partial charge is 0.258 e. The molecule has 2 aliphatic rings. The number of fused-ring (bicyclic) bond motifs is 1. The monoisotopic (exact) mass is 390 g/mol. The second kappa shape index (κ2) is 8.00. The first-order valence-corrected chi connectivity index (χ1v) is 13.0. The van der Waals surface area contributed by atoms with E-state index in [1.807, 2.05) is 12.1 Å². The number of rotatable bonds is 6. The van der Waals surface area contributed by atoms with Gasteiger partial charge >= 0.3 is 0 Å². The molecule has 28 heavy (non-hydrogen) atoms. The fourth-order valence-electron chi connectivity index (χ4n) is 5.64. The topological polar surface area (TPSA) is 20.2 Å². The van der Waals surface area contributed by atoms with Gasteiger partial charge in [-0.15, -0.1) is 0 Å². The molecule has 0 amide bonds. The van der Waals surface area contributed by atoms with E-state index in [0.717, 1.165) is 34.5 Å². The van der Waals surface area contributed by atoms with Crippen LogP contribution in [0.3, 0.4) is 0 Å². The van der Waals surface area contributed by atoms with Gasteiger partial charge in [-0.2, -0.15) is 0 Å². The molecule has 1 fully saturated rings. The van der Waals surface area contributed by atoms with Gasteiger partial charge in [0.05, 0.1) is 0 Å². The first-order chi connectivity index (χ1) is 13.5. The van der Waals surface area contributed by atoms with Gasteiger partial charge in [0.15, 0.2) is 0 Å². The number of benzene rings is 2. The highest BCUT2D eigenvalue weighted by atomic mass is 28.4. The van der Waals surface area contributed by atoms with Crippen molar-refractivity contribution in [2.45, 2.75) is 57.4 Å². The van der Waals surface area contributed by atoms with Gasteiger partial charge in [-0.05, 0) is 71.7 Å². The maximum Gasteiger partial charge on any atom is 0.258 e. The summed E-state index contributed by atoms with van der Waals surface area (Å²) in [5.74, 6) is 2.75. The van der Waals surface area contributed by atoms with Crippen molar-refractivity contribution in [2.24, 2.45) is 17.8 Å². The maximum atomic E-state index is 12.3. The second-order valence-electron chi connectivity index (χ2n) is 9.48. The van der Waals surface area contributed by atoms with Crippen molar-refractivity contribution < 1.29 is 4.80 Å². The fourth-order valence-corrected chi connectivity index (χ4v) is 9.39. The molecule has 1 N–H and O–H groups in total. The van der Waals surface area contributed by atoms with Crippen molar-refractivity contribution in [3.05, 3.63) is 72.8 Å². The van der Waals surface area contributed by atoms with Crippen molar-refractivity contribution in [1.82, 2.24) is 0 Å². The molecule has 4 rings (SSSR count). The van der Waals surface area contributed by atoms with Crippen molar-refractivity contribution in [3.63, 3.8) is 0 Å². The zero-order valence-electron chi connectivity index (χ0n) is 17.4. The van der Waals surface area contributed by atoms with Crippen LogP contribution in [-0.4, -0.2) is 13.1 Å². The lowest BCUT2D eigenvalue weighted by Crippen LogP contribution is -2.65. The quantitative estimate of drug-likeness (QED) is 0.525. The van der Waals surface area contributed by atoms with Gasteiger partial charge in [-0.25, -0.2) is 0 Å². The Kier molecular flexibility index (Phi) is 5.62. The number of hydrogen-bond acceptors (Lipinski definition) is 1. The lowest BCUT2D eigenvalue weighted by molar-refractivity contribution is 0.436. The molecule has 0 aromatic heterocycles. The fraction of sp³-hybridized carbons (Fsp3) is 0.462. The number of hydrogen-bond donors (Lipinski definition) is 1. The van der Waals surface area contributed by atoms with Crippen molar-refractivity contribution in [2.75, 3.05) is 0 Å². The van der Waals surface area contributed by atoms with E-state index in [1.54, 1.807) is 0 Å². The van der Waals surface area contributed by atoms with Crippen molar-refractivity contribution >= 4 is 18.7 Å². The van der Waals surface area contributed by atoms with Gasteiger partial charge in [-0.3, -0.25) is 0 Å². The van der Waals surface area contributed by atoms with Gasteiger partial charge in [0.1, 0.15) is 0 Å². The molecule has 2 aliphatic carbocycles. The molecular weight excluding hydrogens is 356 g/mol. The Hall–Kier alpha value is -1.64. The standard InChI is InChI=1S/C26H34OSi/c1-26(2,20-19-25-23-17-11-3-4-12-18-24(23)25)28(27,21-13-7-5-8-14-21)22-15-9-6-10-16-22/h3-10,13-16,23-25,27H,11-12,17-20H2,1-2H3/b4-3-/t23-,24+,25+. The summed E-state index contributed by atoms with van der Waals surface area (Å²) in [5.41, 5.74) is 0. The average molecular weight is 391 g/mol. The molecule has 0 unspecified atom stereocenters. The SMILES string of the molecule is CC(C)(CC[C@H]1[C@@H]2CC/C=C\CC[C@@H]21)[Si](O)(c1ccccc1)c1ccccc1. The maximum absolute atomic E-state index is 12.3. The predicted molar refractivity (Wildman–Crippen MR) is 121 cm³/mol. The Morgan fingerprint density at radius 2 is 1.29 bits per heavy atom. The summed E-state index contributed by atoms with van der Waals surface area (Å²) >= 11 is 0. The van der Waals surface area contributed by atoms with Crippen LogP contribution in [-0.2, 0) is 0 Å². The normalized spacial score (nSPS) is 26.0. The van der Waals surface area contributed by atoms with Crippen LogP contribution in [0.25, 0.3) is 0 Å². The molecule has 2 aromatic rings. The molecular formula is C26H34OSi. The molecule has 0 saturated heterocycles. The molecule has 1 nitrogen and oxygen atoms in total. The number of allylic oxidation sites excluding steroid dienone is 2. The Labute approximate surface area is 171 Å². The highest BCUT2D eigenvalue weighted by Gasteiger charge is 2.53. The molecule has 3 atom stereocenters. The van der Waals surface area contributed by atoms with Gasteiger partial charge < -0.3 is 4.80 Å². The second-order valence-corrected chi connectivity index (χ2v) is 13.4. The van der Waals surface area contributed by atoms with E-state index in [9.17, 15) is 4.80 Å². The van der Waals surface area contributed by atoms with E-state index >= 15 is 0 Å². The summed E-state index contributed by atoms with van der Waals surface area (Å²) in [7, 11) is -2.85. The summed E-state index contributed by atoms with van der Waals surface area (Å²) in [6, 6.07) is 20.9. The third-order valence-electron chi connectivity index (χ3n) is 7.47. The summed E-state index contributed by atoms with van der Waals surface area (Å²) in [4.78, 5) is 12.3. The molecule has 0 heterocycles. The van der Waals surface area contributed by atoms with Crippen LogP contribution in [0, 0.1) is 17.8 Å². The first kappa shape index (κ1) is 19.7. The molecule has 0 bridgehead atoms. The lowest BCUT2D eigenvalue weighted by Gasteiger charge is -2.41. The molecule has 0 spiro atoms. The predicted octanol–water partition coefficient (Wildman–Crippen LogP) is 5.29. The molecule has 0 aliphatic heterocycles. The van der Waals surface area contributed by atoms with Gasteiger partial charge in [0, 0.05) is 0 Å². The molecule has 2 aromatic carbocycles. The van der Waals surface area contributed by atoms with Crippen LogP contribution in [0.5, 0.6) is 0 Å². The van der Waals surface area contributed by atoms with Crippen molar-refractivity contribution in [3.8, 4) is 0 Å². The Morgan fingerprint density at radius 1 is 0.821 bits per heavy atom. The Balaban J connectivity index is 1.56. The largest absolute Gasteiger partial charge is 0.424 e. The molecule has 148 valence electrons. The van der Waals surface area contributed by atoms with Crippen LogP contribution in [0.2, 0.25) is 5.04 Å². The minimum atomic E-state index is -2.85. The van der Waals surface area contributed by atoms with E-state index in [0.29, 0.717) is 0 Å². The Morgan fingerprint density at radius 3 is 1.75 bits per heavy atom. The Bertz CT molecular complexity index is 740. The van der Waals surface area contributed by atoms with Gasteiger partial charge in [0.25, 0.3) is 8.32 Å². The van der Waals surface area contributed by atoms with Gasteiger partial charge in [-0.1, -0.05) is 86.7 Å². The van der Waals surface area contributed by atoms with Crippen LogP contribution < -0.4 is 10.4 Å². The summed E-state index contributed by atoms with van der Waals surface area (Å²) in [6.45, 7) is 4.62. The van der Waals surface area contributed by atoms with E-state index in [-0.39, 0.29) is 5.04 Å². The molecule has 1 saturated carbocycles. The third-order valence-corrected chi connectivity index (χ3v) is 12.0. The zero-order chi connectivity index (χ0) is 19.6. The van der Waals surface area contributed by atoms with E-state index in [2.05, 4.69) is 74.5 Å². The van der Waals surface area contributed by atoms with Gasteiger partial charge in [0.2, 0.25) is 0 Å². The van der Waals surface area contributed by atoms with Crippen LogP contribution >= 0.6 is 0 Å². The summed E-state index contributed by atoms with van der Waals surface area (Å²) in [6.07, 6.45) is 12.4. The highest BCUT2D eigenvalue weighted by Crippen LogP contribution is 2.57. The molecule has 2 heteroatoms. The molecule has 0 radical (unpaired) electrons. The zero-order valence-corrected chi connectivity index (χ0v) is 18.4. The third kappa shape index (κ3) is 3.65.